The number of carboxylic acids is 1. The molecule has 12 heteroatoms. The number of amides is 2. The molecule has 0 fully saturated rings. The SMILES string of the molecule is COc1ccc(/C=N/NC(=O)CC2C(=O)NN=C3c4ccccc4N=CN32)c(C(=O)O)c1OC. The van der Waals surface area contributed by atoms with Gasteiger partial charge in [-0.3, -0.25) is 9.59 Å². The van der Waals surface area contributed by atoms with Gasteiger partial charge in [0, 0.05) is 11.1 Å². The molecule has 0 saturated heterocycles. The van der Waals surface area contributed by atoms with E-state index in [2.05, 4.69) is 26.0 Å². The van der Waals surface area contributed by atoms with Crippen molar-refractivity contribution < 1.29 is 29.0 Å². The number of carbonyl (C=O) groups is 3. The number of hydrogen-bond donors (Lipinski definition) is 3. The van der Waals surface area contributed by atoms with Crippen LogP contribution in [0.2, 0.25) is 0 Å². The largest absolute Gasteiger partial charge is 0.493 e. The molecule has 0 aromatic heterocycles. The number of fused-ring (bicyclic) bond motifs is 3. The van der Waals surface area contributed by atoms with Crippen molar-refractivity contribution in [3.05, 3.63) is 53.1 Å². The fourth-order valence-corrected chi connectivity index (χ4v) is 3.60. The van der Waals surface area contributed by atoms with Crippen LogP contribution in [-0.2, 0) is 9.59 Å². The second kappa shape index (κ2) is 9.40. The molecule has 0 radical (unpaired) electrons. The van der Waals surface area contributed by atoms with E-state index in [9.17, 15) is 19.5 Å². The van der Waals surface area contributed by atoms with Crippen molar-refractivity contribution in [3.8, 4) is 11.5 Å². The number of para-hydroxylation sites is 1. The van der Waals surface area contributed by atoms with Gasteiger partial charge in [-0.2, -0.15) is 10.2 Å². The van der Waals surface area contributed by atoms with Crippen molar-refractivity contribution in [1.29, 1.82) is 0 Å². The Morgan fingerprint density at radius 3 is 2.76 bits per heavy atom. The number of nitrogens with zero attached hydrogens (tertiary/aromatic N) is 4. The molecule has 0 aliphatic carbocycles. The summed E-state index contributed by atoms with van der Waals surface area (Å²) in [5.74, 6) is -1.54. The minimum Gasteiger partial charge on any atom is -0.493 e. The van der Waals surface area contributed by atoms with E-state index in [0.717, 1.165) is 5.56 Å². The number of nitrogens with one attached hydrogen (secondary N) is 2. The summed E-state index contributed by atoms with van der Waals surface area (Å²) in [6, 6.07) is 9.40. The average Bonchev–Trinajstić information content (AvgIpc) is 2.84. The lowest BCUT2D eigenvalue weighted by atomic mass is 10.1. The van der Waals surface area contributed by atoms with Crippen LogP contribution in [0.4, 0.5) is 5.69 Å². The van der Waals surface area contributed by atoms with Crippen molar-refractivity contribution in [2.24, 2.45) is 15.2 Å². The Morgan fingerprint density at radius 2 is 2.03 bits per heavy atom. The van der Waals surface area contributed by atoms with Gasteiger partial charge in [0.2, 0.25) is 5.91 Å². The first-order chi connectivity index (χ1) is 16.4. The summed E-state index contributed by atoms with van der Waals surface area (Å²) in [4.78, 5) is 42.5. The number of benzene rings is 2. The highest BCUT2D eigenvalue weighted by Crippen LogP contribution is 2.33. The van der Waals surface area contributed by atoms with Gasteiger partial charge in [0.05, 0.1) is 38.9 Å². The molecule has 2 amide bonds. The van der Waals surface area contributed by atoms with E-state index in [1.165, 1.54) is 43.8 Å². The molecule has 1 atom stereocenters. The number of rotatable bonds is 7. The van der Waals surface area contributed by atoms with E-state index < -0.39 is 23.8 Å². The fraction of sp³-hybridized carbons (Fsp3) is 0.182. The van der Waals surface area contributed by atoms with Gasteiger partial charge in [0.1, 0.15) is 11.6 Å². The van der Waals surface area contributed by atoms with E-state index in [0.29, 0.717) is 11.5 Å². The highest BCUT2D eigenvalue weighted by atomic mass is 16.5. The number of ether oxygens (including phenoxy) is 2. The second-order valence-electron chi connectivity index (χ2n) is 7.16. The van der Waals surface area contributed by atoms with Gasteiger partial charge in [-0.1, -0.05) is 12.1 Å². The number of carbonyl (C=O) groups excluding carboxylic acids is 2. The molecule has 1 unspecified atom stereocenters. The molecule has 0 spiro atoms. The fourth-order valence-electron chi connectivity index (χ4n) is 3.60. The van der Waals surface area contributed by atoms with Crippen molar-refractivity contribution in [2.75, 3.05) is 14.2 Å². The number of aliphatic imine (C=N–C) groups is 1. The molecule has 174 valence electrons. The van der Waals surface area contributed by atoms with Crippen LogP contribution in [0.5, 0.6) is 11.5 Å². The third kappa shape index (κ3) is 4.16. The van der Waals surface area contributed by atoms with Gasteiger partial charge in [-0.25, -0.2) is 20.6 Å². The van der Waals surface area contributed by atoms with Gasteiger partial charge < -0.3 is 19.5 Å². The van der Waals surface area contributed by atoms with Crippen LogP contribution in [0, 0.1) is 0 Å². The molecule has 2 aliphatic heterocycles. The molecule has 2 aromatic rings. The average molecular weight is 464 g/mol. The first kappa shape index (κ1) is 22.5. The first-order valence-electron chi connectivity index (χ1n) is 10.0. The zero-order valence-electron chi connectivity index (χ0n) is 18.2. The van der Waals surface area contributed by atoms with E-state index in [1.54, 1.807) is 0 Å². The van der Waals surface area contributed by atoms with Crippen molar-refractivity contribution >= 4 is 41.9 Å². The van der Waals surface area contributed by atoms with Gasteiger partial charge in [0.15, 0.2) is 17.3 Å². The predicted octanol–water partition coefficient (Wildman–Crippen LogP) is 1.08. The summed E-state index contributed by atoms with van der Waals surface area (Å²) in [5, 5.41) is 17.5. The number of aromatic carboxylic acids is 1. The molecule has 12 nitrogen and oxygen atoms in total. The van der Waals surface area contributed by atoms with Crippen LogP contribution in [-0.4, -0.2) is 66.4 Å². The summed E-state index contributed by atoms with van der Waals surface area (Å²) >= 11 is 0. The quantitative estimate of drug-likeness (QED) is 0.409. The number of methoxy groups -OCH3 is 2. The van der Waals surface area contributed by atoms with Crippen LogP contribution in [0.3, 0.4) is 0 Å². The lowest BCUT2D eigenvalue weighted by Crippen LogP contribution is -2.55. The van der Waals surface area contributed by atoms with Gasteiger partial charge >= 0.3 is 5.97 Å². The van der Waals surface area contributed by atoms with E-state index in [-0.39, 0.29) is 29.0 Å². The van der Waals surface area contributed by atoms with E-state index in [4.69, 9.17) is 9.47 Å². The number of hydrazone groups is 2. The molecule has 2 heterocycles. The van der Waals surface area contributed by atoms with Crippen LogP contribution in [0.1, 0.15) is 27.9 Å². The number of carboxylic acid groups (broad SMARTS) is 1. The maximum atomic E-state index is 12.5. The minimum atomic E-state index is -1.25. The summed E-state index contributed by atoms with van der Waals surface area (Å²) in [7, 11) is 2.71. The monoisotopic (exact) mass is 464 g/mol. The normalized spacial score (nSPS) is 16.3. The zero-order valence-corrected chi connectivity index (χ0v) is 18.2. The summed E-state index contributed by atoms with van der Waals surface area (Å²) in [6.45, 7) is 0. The molecule has 0 bridgehead atoms. The molecule has 0 saturated carbocycles. The van der Waals surface area contributed by atoms with Crippen LogP contribution in [0.25, 0.3) is 0 Å². The summed E-state index contributed by atoms with van der Waals surface area (Å²) in [5.41, 5.74) is 6.20. The third-order valence-corrected chi connectivity index (χ3v) is 5.18. The van der Waals surface area contributed by atoms with Crippen molar-refractivity contribution in [2.45, 2.75) is 12.5 Å². The number of hydrogen-bond acceptors (Lipinski definition) is 9. The molecule has 2 aliphatic rings. The van der Waals surface area contributed by atoms with Crippen LogP contribution < -0.4 is 20.3 Å². The molecule has 4 rings (SSSR count). The molecule has 3 N–H and O–H groups in total. The molecular weight excluding hydrogens is 444 g/mol. The molecule has 2 aromatic carbocycles. The molecular formula is C22H20N6O6. The van der Waals surface area contributed by atoms with Gasteiger partial charge in [-0.15, -0.1) is 0 Å². The second-order valence-corrected chi connectivity index (χ2v) is 7.16. The zero-order chi connectivity index (χ0) is 24.2. The highest BCUT2D eigenvalue weighted by molar-refractivity contribution is 6.14. The minimum absolute atomic E-state index is 0.0284. The van der Waals surface area contributed by atoms with Gasteiger partial charge in [0.25, 0.3) is 5.91 Å². The predicted molar refractivity (Wildman–Crippen MR) is 122 cm³/mol. The summed E-state index contributed by atoms with van der Waals surface area (Å²) < 4.78 is 10.3. The smallest absolute Gasteiger partial charge is 0.340 e. The Balaban J connectivity index is 1.48. The van der Waals surface area contributed by atoms with Crippen molar-refractivity contribution in [1.82, 2.24) is 15.8 Å². The Bertz CT molecular complexity index is 1250. The maximum absolute atomic E-state index is 12.5. The third-order valence-electron chi connectivity index (χ3n) is 5.18. The van der Waals surface area contributed by atoms with Gasteiger partial charge in [-0.05, 0) is 24.3 Å². The Morgan fingerprint density at radius 1 is 1.24 bits per heavy atom. The lowest BCUT2D eigenvalue weighted by Gasteiger charge is -2.34. The standard InChI is InChI=1S/C22H20N6O6/c1-33-16-8-7-12(18(22(31)32)19(16)34-2)10-24-25-17(29)9-15-21(30)27-26-20-13-5-3-4-6-14(13)23-11-28(15)20/h3-8,10-11,15H,9H2,1-2H3,(H,25,29)(H,27,30)(H,31,32)/b24-10+. The lowest BCUT2D eigenvalue weighted by molar-refractivity contribution is -0.130. The van der Waals surface area contributed by atoms with E-state index >= 15 is 0 Å². The Hall–Kier alpha value is -4.74. The van der Waals surface area contributed by atoms with Crippen LogP contribution in [0.15, 0.2) is 51.6 Å². The Labute approximate surface area is 193 Å². The summed E-state index contributed by atoms with van der Waals surface area (Å²) in [6.07, 6.45) is 2.40. The number of amidine groups is 1. The maximum Gasteiger partial charge on any atom is 0.340 e. The first-order valence-corrected chi connectivity index (χ1v) is 10.0. The topological polar surface area (TPSA) is 154 Å². The van der Waals surface area contributed by atoms with Crippen LogP contribution >= 0.6 is 0 Å². The van der Waals surface area contributed by atoms with E-state index in [1.807, 2.05) is 24.3 Å². The molecule has 34 heavy (non-hydrogen) atoms. The Kier molecular flexibility index (Phi) is 6.21. The highest BCUT2D eigenvalue weighted by Gasteiger charge is 2.36. The van der Waals surface area contributed by atoms with Crippen molar-refractivity contribution in [3.63, 3.8) is 0 Å².